The second-order valence-corrected chi connectivity index (χ2v) is 7.24. The molecule has 0 saturated heterocycles. The third-order valence-electron chi connectivity index (χ3n) is 4.96. The minimum absolute atomic E-state index is 0.0483. The minimum atomic E-state index is -0.227. The molecule has 6 heteroatoms. The van der Waals surface area contributed by atoms with E-state index in [1.54, 1.807) is 24.3 Å². The highest BCUT2D eigenvalue weighted by Crippen LogP contribution is 2.40. The van der Waals surface area contributed by atoms with Crippen LogP contribution < -0.4 is 10.2 Å². The fourth-order valence-corrected chi connectivity index (χ4v) is 3.08. The van der Waals surface area contributed by atoms with Crippen molar-refractivity contribution in [1.29, 1.82) is 0 Å². The summed E-state index contributed by atoms with van der Waals surface area (Å²) in [6, 6.07) is 11.6. The largest absolute Gasteiger partial charge is 0.378 e. The maximum absolute atomic E-state index is 12.5. The second kappa shape index (κ2) is 8.20. The predicted molar refractivity (Wildman–Crippen MR) is 107 cm³/mol. The van der Waals surface area contributed by atoms with E-state index in [1.807, 2.05) is 55.4 Å². The number of amides is 2. The van der Waals surface area contributed by atoms with E-state index in [-0.39, 0.29) is 23.7 Å². The Kier molecular flexibility index (Phi) is 5.74. The van der Waals surface area contributed by atoms with E-state index in [9.17, 15) is 9.59 Å². The van der Waals surface area contributed by atoms with E-state index in [0.717, 1.165) is 23.4 Å². The van der Waals surface area contributed by atoms with Crippen molar-refractivity contribution < 1.29 is 9.59 Å². The van der Waals surface area contributed by atoms with Crippen LogP contribution in [0, 0.1) is 11.8 Å². The number of carbonyl (C=O) groups is 2. The first-order chi connectivity index (χ1) is 13.0. The van der Waals surface area contributed by atoms with E-state index in [0.29, 0.717) is 13.0 Å². The van der Waals surface area contributed by atoms with Crippen LogP contribution in [0.2, 0.25) is 0 Å². The van der Waals surface area contributed by atoms with Gasteiger partial charge >= 0.3 is 0 Å². The Morgan fingerprint density at radius 2 is 1.70 bits per heavy atom. The second-order valence-electron chi connectivity index (χ2n) is 7.24. The average Bonchev–Trinajstić information content (AvgIpc) is 3.47. The minimum Gasteiger partial charge on any atom is -0.378 e. The Bertz CT molecular complexity index is 790. The molecule has 0 spiro atoms. The monoisotopic (exact) mass is 366 g/mol. The first-order valence-electron chi connectivity index (χ1n) is 9.18. The fourth-order valence-electron chi connectivity index (χ4n) is 3.08. The van der Waals surface area contributed by atoms with Gasteiger partial charge in [-0.3, -0.25) is 14.6 Å². The van der Waals surface area contributed by atoms with Crippen LogP contribution in [-0.2, 0) is 16.0 Å². The molecule has 142 valence electrons. The summed E-state index contributed by atoms with van der Waals surface area (Å²) < 4.78 is 0. The number of anilines is 2. The number of aromatic nitrogens is 1. The van der Waals surface area contributed by atoms with Crippen molar-refractivity contribution >= 4 is 23.2 Å². The van der Waals surface area contributed by atoms with Crippen LogP contribution in [0.1, 0.15) is 12.0 Å². The molecule has 2 unspecified atom stereocenters. The normalized spacial score (nSPS) is 17.9. The third kappa shape index (κ3) is 4.84. The summed E-state index contributed by atoms with van der Waals surface area (Å²) in [4.78, 5) is 32.7. The van der Waals surface area contributed by atoms with Gasteiger partial charge in [0.2, 0.25) is 11.8 Å². The molecule has 1 aromatic carbocycles. The molecule has 2 aromatic rings. The standard InChI is InChI=1S/C21H26N4O2/c1-24(2)17-6-4-16(5-7-17)23-20(26)18-14-19(18)21(27)25(3)13-10-15-8-11-22-12-9-15/h4-9,11-12,18-19H,10,13-14H2,1-3H3,(H,23,26). The number of benzene rings is 1. The quantitative estimate of drug-likeness (QED) is 0.817. The zero-order valence-corrected chi connectivity index (χ0v) is 16.1. The third-order valence-corrected chi connectivity index (χ3v) is 4.96. The molecular formula is C21H26N4O2. The summed E-state index contributed by atoms with van der Waals surface area (Å²) in [5, 5.41) is 2.92. The van der Waals surface area contributed by atoms with Crippen LogP contribution in [0.4, 0.5) is 11.4 Å². The number of hydrogen-bond acceptors (Lipinski definition) is 4. The molecule has 1 heterocycles. The first-order valence-corrected chi connectivity index (χ1v) is 9.18. The number of nitrogens with zero attached hydrogens (tertiary/aromatic N) is 3. The SMILES string of the molecule is CN(CCc1ccncc1)C(=O)C1CC1C(=O)Nc1ccc(N(C)C)cc1. The van der Waals surface area contributed by atoms with Gasteiger partial charge in [-0.05, 0) is 54.8 Å². The molecule has 0 aliphatic heterocycles. The zero-order chi connectivity index (χ0) is 19.4. The number of pyridine rings is 1. The molecule has 1 N–H and O–H groups in total. The van der Waals surface area contributed by atoms with Crippen molar-refractivity contribution in [3.8, 4) is 0 Å². The lowest BCUT2D eigenvalue weighted by molar-refractivity contribution is -0.132. The Morgan fingerprint density at radius 3 is 2.33 bits per heavy atom. The van der Waals surface area contributed by atoms with Crippen LogP contribution in [-0.4, -0.2) is 49.4 Å². The maximum atomic E-state index is 12.5. The number of likely N-dealkylation sites (N-methyl/N-ethyl adjacent to an activating group) is 1. The lowest BCUT2D eigenvalue weighted by Crippen LogP contribution is -2.31. The number of hydrogen-bond donors (Lipinski definition) is 1. The van der Waals surface area contributed by atoms with Crippen molar-refractivity contribution in [3.63, 3.8) is 0 Å². The number of nitrogens with one attached hydrogen (secondary N) is 1. The van der Waals surface area contributed by atoms with E-state index in [2.05, 4.69) is 10.3 Å². The zero-order valence-electron chi connectivity index (χ0n) is 16.1. The van der Waals surface area contributed by atoms with Gasteiger partial charge in [-0.1, -0.05) is 0 Å². The summed E-state index contributed by atoms with van der Waals surface area (Å²) in [5.74, 6) is -0.455. The van der Waals surface area contributed by atoms with Gasteiger partial charge in [-0.2, -0.15) is 0 Å². The Balaban J connectivity index is 1.47. The van der Waals surface area contributed by atoms with E-state index in [1.165, 1.54) is 0 Å². The molecule has 6 nitrogen and oxygen atoms in total. The van der Waals surface area contributed by atoms with Gasteiger partial charge < -0.3 is 15.1 Å². The maximum Gasteiger partial charge on any atom is 0.228 e. The van der Waals surface area contributed by atoms with Crippen molar-refractivity contribution in [2.24, 2.45) is 11.8 Å². The molecular weight excluding hydrogens is 340 g/mol. The highest BCUT2D eigenvalue weighted by atomic mass is 16.2. The van der Waals surface area contributed by atoms with Crippen LogP contribution in [0.25, 0.3) is 0 Å². The van der Waals surface area contributed by atoms with Gasteiger partial charge in [-0.25, -0.2) is 0 Å². The first kappa shape index (κ1) is 18.9. The fraction of sp³-hybridized carbons (Fsp3) is 0.381. The van der Waals surface area contributed by atoms with Gasteiger partial charge in [0.15, 0.2) is 0 Å². The molecule has 2 amide bonds. The van der Waals surface area contributed by atoms with Gasteiger partial charge in [0.1, 0.15) is 0 Å². The lowest BCUT2D eigenvalue weighted by Gasteiger charge is -2.17. The molecule has 27 heavy (non-hydrogen) atoms. The molecule has 0 bridgehead atoms. The summed E-state index contributed by atoms with van der Waals surface area (Å²) >= 11 is 0. The molecule has 3 rings (SSSR count). The van der Waals surface area contributed by atoms with Crippen LogP contribution in [0.15, 0.2) is 48.8 Å². The summed E-state index contributed by atoms with van der Waals surface area (Å²) in [5.41, 5.74) is 2.98. The summed E-state index contributed by atoms with van der Waals surface area (Å²) in [6.07, 6.45) is 4.92. The average molecular weight is 366 g/mol. The van der Waals surface area contributed by atoms with Gasteiger partial charge in [0.25, 0.3) is 0 Å². The number of rotatable bonds is 7. The van der Waals surface area contributed by atoms with Crippen LogP contribution in [0.5, 0.6) is 0 Å². The van der Waals surface area contributed by atoms with Gasteiger partial charge in [-0.15, -0.1) is 0 Å². The Labute approximate surface area is 160 Å². The molecule has 1 saturated carbocycles. The Morgan fingerprint density at radius 1 is 1.04 bits per heavy atom. The molecule has 1 fully saturated rings. The molecule has 0 radical (unpaired) electrons. The molecule has 1 aromatic heterocycles. The Hall–Kier alpha value is -2.89. The van der Waals surface area contributed by atoms with Gasteiger partial charge in [0, 0.05) is 51.5 Å². The molecule has 1 aliphatic carbocycles. The van der Waals surface area contributed by atoms with E-state index >= 15 is 0 Å². The van der Waals surface area contributed by atoms with Crippen LogP contribution >= 0.6 is 0 Å². The van der Waals surface area contributed by atoms with Crippen molar-refractivity contribution in [2.45, 2.75) is 12.8 Å². The van der Waals surface area contributed by atoms with E-state index in [4.69, 9.17) is 0 Å². The highest BCUT2D eigenvalue weighted by Gasteiger charge is 2.48. The summed E-state index contributed by atoms with van der Waals surface area (Å²) in [7, 11) is 5.75. The van der Waals surface area contributed by atoms with Crippen molar-refractivity contribution in [2.75, 3.05) is 37.9 Å². The van der Waals surface area contributed by atoms with Crippen molar-refractivity contribution in [3.05, 3.63) is 54.4 Å². The van der Waals surface area contributed by atoms with Crippen LogP contribution in [0.3, 0.4) is 0 Å². The highest BCUT2D eigenvalue weighted by molar-refractivity contribution is 5.99. The lowest BCUT2D eigenvalue weighted by atomic mass is 10.2. The van der Waals surface area contributed by atoms with Gasteiger partial charge in [0.05, 0.1) is 11.8 Å². The topological polar surface area (TPSA) is 65.5 Å². The predicted octanol–water partition coefficient (Wildman–Crippen LogP) is 2.42. The molecule has 1 aliphatic rings. The van der Waals surface area contributed by atoms with E-state index < -0.39 is 0 Å². The summed E-state index contributed by atoms with van der Waals surface area (Å²) in [6.45, 7) is 0.639. The number of carbonyl (C=O) groups excluding carboxylic acids is 2. The molecule has 2 atom stereocenters. The van der Waals surface area contributed by atoms with Crippen molar-refractivity contribution in [1.82, 2.24) is 9.88 Å². The smallest absolute Gasteiger partial charge is 0.228 e.